The van der Waals surface area contributed by atoms with Crippen molar-refractivity contribution in [1.29, 1.82) is 0 Å². The van der Waals surface area contributed by atoms with Crippen molar-refractivity contribution in [1.82, 2.24) is 5.32 Å². The second kappa shape index (κ2) is 9.82. The van der Waals surface area contributed by atoms with E-state index in [4.69, 9.17) is 4.74 Å². The highest BCUT2D eigenvalue weighted by Gasteiger charge is 2.19. The predicted molar refractivity (Wildman–Crippen MR) is 110 cm³/mol. The molecule has 1 N–H and O–H groups in total. The normalized spacial score (nSPS) is 11.9. The van der Waals surface area contributed by atoms with Gasteiger partial charge in [-0.05, 0) is 29.0 Å². The van der Waals surface area contributed by atoms with Crippen molar-refractivity contribution in [2.24, 2.45) is 5.92 Å². The summed E-state index contributed by atoms with van der Waals surface area (Å²) in [6.07, 6.45) is 0.466. The van der Waals surface area contributed by atoms with E-state index in [9.17, 15) is 19.7 Å². The molecule has 154 valence electrons. The van der Waals surface area contributed by atoms with E-state index >= 15 is 0 Å². The number of ether oxygens (including phenoxy) is 1. The summed E-state index contributed by atoms with van der Waals surface area (Å²) < 4.78 is 5.43. The molecule has 0 aromatic heterocycles. The average Bonchev–Trinajstić information content (AvgIpc) is 2.70. The molecule has 29 heavy (non-hydrogen) atoms. The number of nitro benzene ring substituents is 1. The molecule has 0 saturated heterocycles. The van der Waals surface area contributed by atoms with E-state index in [-0.39, 0.29) is 41.5 Å². The Morgan fingerprint density at radius 1 is 1.10 bits per heavy atom. The molecule has 0 saturated carbocycles. The highest BCUT2D eigenvalue weighted by molar-refractivity contribution is 5.82. The molecule has 0 unspecified atom stereocenters. The fraction of sp³-hybridized carbons (Fsp3) is 0.364. The summed E-state index contributed by atoms with van der Waals surface area (Å²) in [6, 6.07) is 11.6. The Hall–Kier alpha value is -3.22. The molecule has 0 aliphatic carbocycles. The minimum absolute atomic E-state index is 0.0247. The topological polar surface area (TPSA) is 98.5 Å². The zero-order chi connectivity index (χ0) is 21.6. The molecule has 0 heterocycles. The van der Waals surface area contributed by atoms with Gasteiger partial charge in [0.05, 0.1) is 16.5 Å². The SMILES string of the molecule is CC(C)c1ccc([C@H](NC(=O)COc2ccc([N+](=O)[O-])cc2C=O)C(C)C)cc1. The van der Waals surface area contributed by atoms with Crippen LogP contribution in [-0.2, 0) is 4.79 Å². The van der Waals surface area contributed by atoms with Gasteiger partial charge in [0.15, 0.2) is 12.9 Å². The standard InChI is InChI=1S/C22H26N2O5/c1-14(2)16-5-7-17(8-6-16)22(15(3)4)23-21(26)13-29-20-10-9-19(24(27)28)11-18(20)12-25/h5-12,14-15,22H,13H2,1-4H3,(H,23,26)/t22-/m1/s1. The van der Waals surface area contributed by atoms with Crippen LogP contribution in [0.5, 0.6) is 5.75 Å². The molecule has 0 radical (unpaired) electrons. The van der Waals surface area contributed by atoms with Crippen LogP contribution >= 0.6 is 0 Å². The highest BCUT2D eigenvalue weighted by atomic mass is 16.6. The van der Waals surface area contributed by atoms with Gasteiger partial charge >= 0.3 is 0 Å². The van der Waals surface area contributed by atoms with Crippen LogP contribution in [-0.4, -0.2) is 23.7 Å². The molecule has 0 aliphatic heterocycles. The number of aldehydes is 1. The highest BCUT2D eigenvalue weighted by Crippen LogP contribution is 2.25. The van der Waals surface area contributed by atoms with Gasteiger partial charge in [0, 0.05) is 12.1 Å². The van der Waals surface area contributed by atoms with Crippen molar-refractivity contribution in [3.8, 4) is 5.75 Å². The molecule has 7 heteroatoms. The number of carbonyl (C=O) groups is 2. The Bertz CT molecular complexity index is 875. The van der Waals surface area contributed by atoms with E-state index in [0.29, 0.717) is 12.2 Å². The van der Waals surface area contributed by atoms with E-state index in [0.717, 1.165) is 11.6 Å². The van der Waals surface area contributed by atoms with Crippen LogP contribution in [0.4, 0.5) is 5.69 Å². The maximum Gasteiger partial charge on any atom is 0.270 e. The Morgan fingerprint density at radius 3 is 2.24 bits per heavy atom. The van der Waals surface area contributed by atoms with Gasteiger partial charge in [0.25, 0.3) is 11.6 Å². The predicted octanol–water partition coefficient (Wildman–Crippen LogP) is 4.42. The van der Waals surface area contributed by atoms with Crippen molar-refractivity contribution >= 4 is 17.9 Å². The van der Waals surface area contributed by atoms with E-state index in [2.05, 4.69) is 31.3 Å². The lowest BCUT2D eigenvalue weighted by Gasteiger charge is -2.23. The third-order valence-electron chi connectivity index (χ3n) is 4.64. The van der Waals surface area contributed by atoms with Crippen LogP contribution in [0.2, 0.25) is 0 Å². The summed E-state index contributed by atoms with van der Waals surface area (Å²) in [7, 11) is 0. The average molecular weight is 398 g/mol. The zero-order valence-corrected chi connectivity index (χ0v) is 17.0. The second-order valence-corrected chi connectivity index (χ2v) is 7.50. The van der Waals surface area contributed by atoms with E-state index in [1.807, 2.05) is 26.0 Å². The molecule has 2 aromatic rings. The van der Waals surface area contributed by atoms with Crippen molar-refractivity contribution in [3.63, 3.8) is 0 Å². The maximum absolute atomic E-state index is 12.4. The summed E-state index contributed by atoms with van der Waals surface area (Å²) in [4.78, 5) is 33.8. The lowest BCUT2D eigenvalue weighted by atomic mass is 9.93. The number of hydrogen-bond acceptors (Lipinski definition) is 5. The minimum atomic E-state index is -0.596. The van der Waals surface area contributed by atoms with Crippen molar-refractivity contribution < 1.29 is 19.2 Å². The summed E-state index contributed by atoms with van der Waals surface area (Å²) in [6.45, 7) is 7.98. The molecule has 0 spiro atoms. The molecule has 2 rings (SSSR count). The van der Waals surface area contributed by atoms with Crippen LogP contribution in [0.25, 0.3) is 0 Å². The minimum Gasteiger partial charge on any atom is -0.483 e. The van der Waals surface area contributed by atoms with Crippen LogP contribution < -0.4 is 10.1 Å². The Labute approximate surface area is 170 Å². The lowest BCUT2D eigenvalue weighted by molar-refractivity contribution is -0.384. The fourth-order valence-electron chi connectivity index (χ4n) is 2.95. The number of amides is 1. The molecule has 0 aliphatic rings. The molecule has 2 aromatic carbocycles. The number of rotatable bonds is 9. The molecule has 0 bridgehead atoms. The number of nitro groups is 1. The molecule has 0 fully saturated rings. The van der Waals surface area contributed by atoms with Gasteiger partial charge < -0.3 is 10.1 Å². The van der Waals surface area contributed by atoms with Gasteiger partial charge in [-0.2, -0.15) is 0 Å². The fourth-order valence-corrected chi connectivity index (χ4v) is 2.95. The number of nitrogens with one attached hydrogen (secondary N) is 1. The molecule has 1 amide bonds. The largest absolute Gasteiger partial charge is 0.483 e. The summed E-state index contributed by atoms with van der Waals surface area (Å²) in [5.74, 6) is 0.377. The first kappa shape index (κ1) is 22.1. The molecule has 7 nitrogen and oxygen atoms in total. The second-order valence-electron chi connectivity index (χ2n) is 7.50. The van der Waals surface area contributed by atoms with Crippen molar-refractivity contribution in [3.05, 3.63) is 69.3 Å². The van der Waals surface area contributed by atoms with Gasteiger partial charge in [0.1, 0.15) is 5.75 Å². The summed E-state index contributed by atoms with van der Waals surface area (Å²) >= 11 is 0. The van der Waals surface area contributed by atoms with Gasteiger partial charge in [0.2, 0.25) is 0 Å². The first-order valence-electron chi connectivity index (χ1n) is 9.48. The van der Waals surface area contributed by atoms with Crippen molar-refractivity contribution in [2.75, 3.05) is 6.61 Å². The maximum atomic E-state index is 12.4. The molecular weight excluding hydrogens is 372 g/mol. The van der Waals surface area contributed by atoms with Crippen LogP contribution in [0.1, 0.15) is 61.1 Å². The Balaban J connectivity index is 2.06. The van der Waals surface area contributed by atoms with Gasteiger partial charge in [-0.1, -0.05) is 52.0 Å². The number of hydrogen-bond donors (Lipinski definition) is 1. The van der Waals surface area contributed by atoms with Gasteiger partial charge in [-0.15, -0.1) is 0 Å². The van der Waals surface area contributed by atoms with Crippen LogP contribution in [0, 0.1) is 16.0 Å². The monoisotopic (exact) mass is 398 g/mol. The van der Waals surface area contributed by atoms with Crippen LogP contribution in [0.15, 0.2) is 42.5 Å². The molecule has 1 atom stereocenters. The Morgan fingerprint density at radius 2 is 1.72 bits per heavy atom. The first-order chi connectivity index (χ1) is 13.7. The lowest BCUT2D eigenvalue weighted by Crippen LogP contribution is -2.35. The van der Waals surface area contributed by atoms with Crippen LogP contribution in [0.3, 0.4) is 0 Å². The van der Waals surface area contributed by atoms with E-state index in [1.165, 1.54) is 17.7 Å². The van der Waals surface area contributed by atoms with E-state index in [1.54, 1.807) is 0 Å². The smallest absolute Gasteiger partial charge is 0.270 e. The number of benzene rings is 2. The summed E-state index contributed by atoms with van der Waals surface area (Å²) in [5, 5.41) is 13.8. The summed E-state index contributed by atoms with van der Waals surface area (Å²) in [5.41, 5.74) is 2.04. The molecular formula is C22H26N2O5. The quantitative estimate of drug-likeness (QED) is 0.383. The van der Waals surface area contributed by atoms with Gasteiger partial charge in [-0.3, -0.25) is 19.7 Å². The van der Waals surface area contributed by atoms with Crippen molar-refractivity contribution in [2.45, 2.75) is 39.7 Å². The van der Waals surface area contributed by atoms with E-state index < -0.39 is 4.92 Å². The Kier molecular flexibility index (Phi) is 7.47. The third-order valence-corrected chi connectivity index (χ3v) is 4.64. The van der Waals surface area contributed by atoms with Gasteiger partial charge in [-0.25, -0.2) is 0 Å². The zero-order valence-electron chi connectivity index (χ0n) is 17.0. The number of carbonyl (C=O) groups excluding carboxylic acids is 2. The first-order valence-corrected chi connectivity index (χ1v) is 9.48. The number of non-ortho nitro benzene ring substituents is 1. The third kappa shape index (κ3) is 5.88. The number of nitrogens with zero attached hydrogens (tertiary/aromatic N) is 1.